The van der Waals surface area contributed by atoms with E-state index in [1.807, 2.05) is 13.8 Å². The Labute approximate surface area is 97.8 Å². The van der Waals surface area contributed by atoms with E-state index < -0.39 is 11.9 Å². The summed E-state index contributed by atoms with van der Waals surface area (Å²) in [5.74, 6) is -1.55. The van der Waals surface area contributed by atoms with Crippen molar-refractivity contribution < 1.29 is 9.90 Å². The zero-order valence-corrected chi connectivity index (χ0v) is 10.1. The zero-order chi connectivity index (χ0) is 11.1. The van der Waals surface area contributed by atoms with E-state index in [2.05, 4.69) is 0 Å². The summed E-state index contributed by atoms with van der Waals surface area (Å²) in [5, 5.41) is 9.22. The molecule has 1 aliphatic carbocycles. The highest BCUT2D eigenvalue weighted by atomic mass is 35.5. The first-order valence-corrected chi connectivity index (χ1v) is 5.43. The Morgan fingerprint density at radius 1 is 1.36 bits per heavy atom. The molecule has 0 aromatic carbocycles. The summed E-state index contributed by atoms with van der Waals surface area (Å²) in [4.78, 5) is 10.9. The number of halogens is 3. The minimum absolute atomic E-state index is 0.0277. The van der Waals surface area contributed by atoms with Crippen molar-refractivity contribution in [1.29, 1.82) is 0 Å². The fourth-order valence-corrected chi connectivity index (χ4v) is 2.59. The maximum absolute atomic E-state index is 10.9. The summed E-state index contributed by atoms with van der Waals surface area (Å²) >= 11 is 16.9. The van der Waals surface area contributed by atoms with Gasteiger partial charge in [-0.25, -0.2) is 0 Å². The number of rotatable bonds is 3. The number of hydrogen-bond acceptors (Lipinski definition) is 1. The largest absolute Gasteiger partial charge is 0.481 e. The highest BCUT2D eigenvalue weighted by Crippen LogP contribution is 2.65. The monoisotopic (exact) mass is 256 g/mol. The molecule has 80 valence electrons. The van der Waals surface area contributed by atoms with Gasteiger partial charge >= 0.3 is 5.97 Å². The smallest absolute Gasteiger partial charge is 0.307 e. The fourth-order valence-electron chi connectivity index (χ4n) is 1.98. The lowest BCUT2D eigenvalue weighted by Crippen LogP contribution is -2.05. The van der Waals surface area contributed by atoms with E-state index in [-0.39, 0.29) is 20.9 Å². The summed E-state index contributed by atoms with van der Waals surface area (Å²) in [6.07, 6.45) is 0.742. The standard InChI is InChI=1S/C9H11Cl3O2/c1-3-9(2)4(5(9)8(13)14)6(10)7(11)12/h4-5H,3H2,1-2H3,(H,13,14). The van der Waals surface area contributed by atoms with Crippen LogP contribution in [-0.4, -0.2) is 11.1 Å². The first-order valence-electron chi connectivity index (χ1n) is 4.29. The van der Waals surface area contributed by atoms with Crippen LogP contribution in [0, 0.1) is 17.3 Å². The first kappa shape index (κ1) is 12.2. The molecule has 5 heteroatoms. The lowest BCUT2D eigenvalue weighted by molar-refractivity contribution is -0.139. The van der Waals surface area contributed by atoms with Gasteiger partial charge < -0.3 is 5.11 Å². The molecule has 0 radical (unpaired) electrons. The minimum Gasteiger partial charge on any atom is -0.481 e. The molecule has 1 aliphatic rings. The third-order valence-electron chi connectivity index (χ3n) is 3.13. The molecule has 14 heavy (non-hydrogen) atoms. The van der Waals surface area contributed by atoms with Crippen LogP contribution in [0.25, 0.3) is 0 Å². The summed E-state index contributed by atoms with van der Waals surface area (Å²) in [6.45, 7) is 3.82. The molecule has 3 unspecified atom stereocenters. The third-order valence-corrected chi connectivity index (χ3v) is 4.15. The second-order valence-corrected chi connectivity index (χ2v) is 5.12. The van der Waals surface area contributed by atoms with Gasteiger partial charge in [-0.1, -0.05) is 48.7 Å². The van der Waals surface area contributed by atoms with Gasteiger partial charge in [0, 0.05) is 5.92 Å². The van der Waals surface area contributed by atoms with E-state index in [1.165, 1.54) is 0 Å². The maximum atomic E-state index is 10.9. The van der Waals surface area contributed by atoms with Crippen molar-refractivity contribution in [1.82, 2.24) is 0 Å². The van der Waals surface area contributed by atoms with Crippen LogP contribution >= 0.6 is 34.8 Å². The molecule has 0 aromatic rings. The van der Waals surface area contributed by atoms with Gasteiger partial charge in [0.15, 0.2) is 0 Å². The molecule has 1 fully saturated rings. The van der Waals surface area contributed by atoms with Gasteiger partial charge in [-0.15, -0.1) is 0 Å². The van der Waals surface area contributed by atoms with Crippen molar-refractivity contribution in [2.45, 2.75) is 20.3 Å². The molecule has 0 aliphatic heterocycles. The van der Waals surface area contributed by atoms with E-state index in [1.54, 1.807) is 0 Å². The molecular formula is C9H11Cl3O2. The van der Waals surface area contributed by atoms with E-state index in [0.717, 1.165) is 6.42 Å². The first-order chi connectivity index (χ1) is 6.36. The highest BCUT2D eigenvalue weighted by Gasteiger charge is 2.65. The van der Waals surface area contributed by atoms with Crippen LogP contribution in [0.2, 0.25) is 0 Å². The number of carboxylic acid groups (broad SMARTS) is 1. The average Bonchev–Trinajstić information content (AvgIpc) is 2.71. The van der Waals surface area contributed by atoms with Crippen molar-refractivity contribution >= 4 is 40.8 Å². The molecule has 1 saturated carbocycles. The van der Waals surface area contributed by atoms with Gasteiger partial charge in [-0.05, 0) is 11.8 Å². The Morgan fingerprint density at radius 3 is 2.07 bits per heavy atom. The number of carboxylic acids is 1. The summed E-state index contributed by atoms with van der Waals surface area (Å²) in [6, 6.07) is 0. The molecule has 0 heterocycles. The van der Waals surface area contributed by atoms with Gasteiger partial charge in [-0.3, -0.25) is 4.79 Å². The Bertz CT molecular complexity index is 296. The molecule has 1 rings (SSSR count). The van der Waals surface area contributed by atoms with Crippen LogP contribution in [-0.2, 0) is 4.79 Å². The molecule has 2 nitrogen and oxygen atoms in total. The quantitative estimate of drug-likeness (QED) is 0.838. The molecule has 3 atom stereocenters. The Hall–Kier alpha value is 0.0800. The van der Waals surface area contributed by atoms with Gasteiger partial charge in [0.2, 0.25) is 0 Å². The molecule has 0 aromatic heterocycles. The average molecular weight is 258 g/mol. The van der Waals surface area contributed by atoms with Crippen molar-refractivity contribution in [3.8, 4) is 0 Å². The molecule has 0 spiro atoms. The second kappa shape index (κ2) is 3.92. The lowest BCUT2D eigenvalue weighted by atomic mass is 10.0. The van der Waals surface area contributed by atoms with Gasteiger partial charge in [0.25, 0.3) is 0 Å². The third kappa shape index (κ3) is 1.75. The molecule has 1 N–H and O–H groups in total. The van der Waals surface area contributed by atoms with E-state index >= 15 is 0 Å². The Morgan fingerprint density at radius 2 is 1.86 bits per heavy atom. The number of carbonyl (C=O) groups is 1. The zero-order valence-electron chi connectivity index (χ0n) is 7.85. The Kier molecular flexibility index (Phi) is 3.40. The van der Waals surface area contributed by atoms with Crippen LogP contribution in [0.1, 0.15) is 20.3 Å². The number of hydrogen-bond donors (Lipinski definition) is 1. The highest BCUT2D eigenvalue weighted by molar-refractivity contribution is 6.59. The maximum Gasteiger partial charge on any atom is 0.307 e. The minimum atomic E-state index is -0.841. The topological polar surface area (TPSA) is 37.3 Å². The fraction of sp³-hybridized carbons (Fsp3) is 0.667. The summed E-state index contributed by atoms with van der Waals surface area (Å²) in [7, 11) is 0. The van der Waals surface area contributed by atoms with Crippen molar-refractivity contribution in [3.63, 3.8) is 0 Å². The molecule has 0 saturated heterocycles. The van der Waals surface area contributed by atoms with Crippen LogP contribution in [0.5, 0.6) is 0 Å². The van der Waals surface area contributed by atoms with Crippen molar-refractivity contribution in [3.05, 3.63) is 9.52 Å². The predicted octanol–water partition coefficient (Wildman–Crippen LogP) is 3.62. The van der Waals surface area contributed by atoms with Gasteiger partial charge in [-0.2, -0.15) is 0 Å². The van der Waals surface area contributed by atoms with Crippen LogP contribution < -0.4 is 0 Å². The van der Waals surface area contributed by atoms with E-state index in [9.17, 15) is 4.79 Å². The molecular weight excluding hydrogens is 246 g/mol. The predicted molar refractivity (Wildman–Crippen MR) is 57.6 cm³/mol. The summed E-state index contributed by atoms with van der Waals surface area (Å²) < 4.78 is -0.0277. The van der Waals surface area contributed by atoms with E-state index in [0.29, 0.717) is 0 Å². The number of allylic oxidation sites excluding steroid dienone is 1. The summed E-state index contributed by atoms with van der Waals surface area (Å²) in [5.41, 5.74) is -0.308. The lowest BCUT2D eigenvalue weighted by Gasteiger charge is -2.05. The molecule has 0 amide bonds. The van der Waals surface area contributed by atoms with E-state index in [4.69, 9.17) is 39.9 Å². The van der Waals surface area contributed by atoms with Gasteiger partial charge in [0.05, 0.1) is 11.0 Å². The Balaban J connectivity index is 2.94. The second-order valence-electron chi connectivity index (χ2n) is 3.76. The molecule has 0 bridgehead atoms. The number of aliphatic carboxylic acids is 1. The SMILES string of the molecule is CCC1(C)C(C(=O)O)C1C(Cl)=C(Cl)Cl. The van der Waals surface area contributed by atoms with Crippen LogP contribution in [0.15, 0.2) is 9.52 Å². The van der Waals surface area contributed by atoms with Crippen molar-refractivity contribution in [2.75, 3.05) is 0 Å². The van der Waals surface area contributed by atoms with Gasteiger partial charge in [0.1, 0.15) is 4.49 Å². The van der Waals surface area contributed by atoms with Crippen LogP contribution in [0.4, 0.5) is 0 Å². The van der Waals surface area contributed by atoms with Crippen LogP contribution in [0.3, 0.4) is 0 Å². The normalized spacial score (nSPS) is 35.2. The van der Waals surface area contributed by atoms with Crippen molar-refractivity contribution in [2.24, 2.45) is 17.3 Å².